The van der Waals surface area contributed by atoms with Gasteiger partial charge in [-0.05, 0) is 20.8 Å². The van der Waals surface area contributed by atoms with Gasteiger partial charge in [-0.2, -0.15) is 0 Å². The number of hydrogen-bond acceptors (Lipinski definition) is 4. The van der Waals surface area contributed by atoms with E-state index in [2.05, 4.69) is 66.5 Å². The molecule has 2 N–H and O–H groups in total. The molecule has 1 aromatic heterocycles. The van der Waals surface area contributed by atoms with Crippen molar-refractivity contribution in [1.82, 2.24) is 19.4 Å². The fourth-order valence-electron chi connectivity index (χ4n) is 3.76. The van der Waals surface area contributed by atoms with Crippen LogP contribution in [0.1, 0.15) is 31.3 Å². The average Bonchev–Trinajstić information content (AvgIpc) is 2.93. The maximum atomic E-state index is 6.19. The van der Waals surface area contributed by atoms with Crippen LogP contribution in [0.3, 0.4) is 0 Å². The van der Waals surface area contributed by atoms with Crippen molar-refractivity contribution < 1.29 is 0 Å². The largest absolute Gasteiger partial charge is 0.331 e. The minimum atomic E-state index is 0.193. The van der Waals surface area contributed by atoms with E-state index >= 15 is 0 Å². The Balaban J connectivity index is 1.85. The monoisotopic (exact) mass is 341 g/mol. The maximum Gasteiger partial charge on any atom is 0.140 e. The van der Waals surface area contributed by atoms with E-state index in [1.165, 1.54) is 5.69 Å². The Labute approximate surface area is 151 Å². The molecule has 5 nitrogen and oxygen atoms in total. The van der Waals surface area contributed by atoms with Gasteiger partial charge in [0.2, 0.25) is 0 Å². The number of rotatable bonds is 5. The third kappa shape index (κ3) is 3.64. The first-order valence-corrected chi connectivity index (χ1v) is 9.29. The molecular formula is C20H31N5. The summed E-state index contributed by atoms with van der Waals surface area (Å²) < 4.78 is 2.19. The fraction of sp³-hybridized carbons (Fsp3) is 0.550. The van der Waals surface area contributed by atoms with Crippen LogP contribution in [0, 0.1) is 6.92 Å². The van der Waals surface area contributed by atoms with Crippen molar-refractivity contribution in [2.75, 3.05) is 32.7 Å². The van der Waals surface area contributed by atoms with Crippen molar-refractivity contribution in [3.8, 4) is 11.4 Å². The van der Waals surface area contributed by atoms with Crippen LogP contribution in [0.15, 0.2) is 30.3 Å². The average molecular weight is 342 g/mol. The summed E-state index contributed by atoms with van der Waals surface area (Å²) in [4.78, 5) is 10.0. The summed E-state index contributed by atoms with van der Waals surface area (Å²) in [5, 5.41) is 0. The topological polar surface area (TPSA) is 50.3 Å². The molecule has 1 aromatic carbocycles. The van der Waals surface area contributed by atoms with E-state index in [1.54, 1.807) is 0 Å². The predicted molar refractivity (Wildman–Crippen MR) is 103 cm³/mol. The van der Waals surface area contributed by atoms with Crippen molar-refractivity contribution in [3.05, 3.63) is 41.7 Å². The molecule has 0 radical (unpaired) electrons. The van der Waals surface area contributed by atoms with Gasteiger partial charge in [-0.15, -0.1) is 0 Å². The summed E-state index contributed by atoms with van der Waals surface area (Å²) in [5.41, 5.74) is 9.68. The zero-order valence-corrected chi connectivity index (χ0v) is 15.9. The number of nitrogens with zero attached hydrogens (tertiary/aromatic N) is 4. The van der Waals surface area contributed by atoms with Gasteiger partial charge < -0.3 is 10.3 Å². The molecule has 0 spiro atoms. The standard InChI is InChI=1S/C20H31N5/c1-15(2)24-10-12-25(13-11-24)18(14-21)19-16(3)23(4)20(22-19)17-8-6-5-7-9-17/h5-9,15,18H,10-14,21H2,1-4H3. The van der Waals surface area contributed by atoms with Crippen molar-refractivity contribution in [3.63, 3.8) is 0 Å². The molecular weight excluding hydrogens is 310 g/mol. The lowest BCUT2D eigenvalue weighted by atomic mass is 10.1. The quantitative estimate of drug-likeness (QED) is 0.907. The molecule has 0 amide bonds. The second-order valence-electron chi connectivity index (χ2n) is 7.25. The summed E-state index contributed by atoms with van der Waals surface area (Å²) in [5.74, 6) is 1.02. The summed E-state index contributed by atoms with van der Waals surface area (Å²) in [6.45, 7) is 11.6. The Kier molecular flexibility index (Phi) is 5.57. The molecule has 1 unspecified atom stereocenters. The van der Waals surface area contributed by atoms with E-state index in [1.807, 2.05) is 6.07 Å². The lowest BCUT2D eigenvalue weighted by Gasteiger charge is -2.40. The first kappa shape index (κ1) is 18.1. The zero-order chi connectivity index (χ0) is 18.0. The molecule has 25 heavy (non-hydrogen) atoms. The minimum Gasteiger partial charge on any atom is -0.331 e. The molecule has 1 fully saturated rings. The summed E-state index contributed by atoms with van der Waals surface area (Å²) in [6, 6.07) is 11.2. The van der Waals surface area contributed by atoms with E-state index in [0.717, 1.165) is 43.3 Å². The van der Waals surface area contributed by atoms with Gasteiger partial charge in [0.1, 0.15) is 5.82 Å². The second kappa shape index (κ2) is 7.68. The highest BCUT2D eigenvalue weighted by atomic mass is 15.3. The van der Waals surface area contributed by atoms with Crippen molar-refractivity contribution in [1.29, 1.82) is 0 Å². The predicted octanol–water partition coefficient (Wildman–Crippen LogP) is 2.42. The zero-order valence-electron chi connectivity index (χ0n) is 15.9. The number of benzene rings is 1. The maximum absolute atomic E-state index is 6.19. The number of aromatic nitrogens is 2. The van der Waals surface area contributed by atoms with Gasteiger partial charge in [0.25, 0.3) is 0 Å². The van der Waals surface area contributed by atoms with Crippen LogP contribution in [-0.2, 0) is 7.05 Å². The third-order valence-electron chi connectivity index (χ3n) is 5.51. The Hall–Kier alpha value is -1.69. The Morgan fingerprint density at radius 3 is 2.20 bits per heavy atom. The molecule has 136 valence electrons. The number of hydrogen-bond donors (Lipinski definition) is 1. The highest BCUT2D eigenvalue weighted by Crippen LogP contribution is 2.28. The normalized spacial score (nSPS) is 18.0. The summed E-state index contributed by atoms with van der Waals surface area (Å²) in [7, 11) is 2.10. The molecule has 2 heterocycles. The lowest BCUT2D eigenvalue weighted by molar-refractivity contribution is 0.0788. The van der Waals surface area contributed by atoms with Gasteiger partial charge >= 0.3 is 0 Å². The van der Waals surface area contributed by atoms with Gasteiger partial charge in [-0.3, -0.25) is 9.80 Å². The van der Waals surface area contributed by atoms with Crippen LogP contribution in [0.5, 0.6) is 0 Å². The lowest BCUT2D eigenvalue weighted by Crippen LogP contribution is -2.51. The Morgan fingerprint density at radius 2 is 1.64 bits per heavy atom. The first-order valence-electron chi connectivity index (χ1n) is 9.29. The summed E-state index contributed by atoms with van der Waals surface area (Å²) >= 11 is 0. The molecule has 0 aliphatic carbocycles. The van der Waals surface area contributed by atoms with Gasteiger partial charge in [0.05, 0.1) is 11.7 Å². The highest BCUT2D eigenvalue weighted by Gasteiger charge is 2.28. The van der Waals surface area contributed by atoms with Crippen LogP contribution in [-0.4, -0.2) is 58.1 Å². The molecule has 0 saturated carbocycles. The molecule has 1 aliphatic rings. The summed E-state index contributed by atoms with van der Waals surface area (Å²) in [6.07, 6.45) is 0. The van der Waals surface area contributed by atoms with Crippen molar-refractivity contribution >= 4 is 0 Å². The highest BCUT2D eigenvalue weighted by molar-refractivity contribution is 5.56. The molecule has 2 aromatic rings. The van der Waals surface area contributed by atoms with Gasteiger partial charge in [0, 0.05) is 57.1 Å². The van der Waals surface area contributed by atoms with E-state index < -0.39 is 0 Å². The van der Waals surface area contributed by atoms with Gasteiger partial charge in [-0.25, -0.2) is 4.98 Å². The molecule has 1 aliphatic heterocycles. The van der Waals surface area contributed by atoms with E-state index in [9.17, 15) is 0 Å². The fourth-order valence-corrected chi connectivity index (χ4v) is 3.76. The minimum absolute atomic E-state index is 0.193. The van der Waals surface area contributed by atoms with Gasteiger partial charge in [-0.1, -0.05) is 30.3 Å². The number of imidazole rings is 1. The molecule has 5 heteroatoms. The SMILES string of the molecule is Cc1c(C(CN)N2CCN(C(C)C)CC2)nc(-c2ccccc2)n1C. The van der Waals surface area contributed by atoms with Gasteiger partial charge in [0.15, 0.2) is 0 Å². The van der Waals surface area contributed by atoms with E-state index in [-0.39, 0.29) is 6.04 Å². The number of piperazine rings is 1. The van der Waals surface area contributed by atoms with Crippen LogP contribution in [0.4, 0.5) is 0 Å². The second-order valence-corrected chi connectivity index (χ2v) is 7.25. The smallest absolute Gasteiger partial charge is 0.140 e. The third-order valence-corrected chi connectivity index (χ3v) is 5.51. The van der Waals surface area contributed by atoms with Crippen molar-refractivity contribution in [2.24, 2.45) is 12.8 Å². The first-order chi connectivity index (χ1) is 12.0. The van der Waals surface area contributed by atoms with Crippen molar-refractivity contribution in [2.45, 2.75) is 32.9 Å². The molecule has 0 bridgehead atoms. The Morgan fingerprint density at radius 1 is 1.04 bits per heavy atom. The number of nitrogens with two attached hydrogens (primary N) is 1. The van der Waals surface area contributed by atoms with Crippen LogP contribution in [0.2, 0.25) is 0 Å². The molecule has 3 rings (SSSR count). The molecule has 1 atom stereocenters. The Bertz CT molecular complexity index is 684. The van der Waals surface area contributed by atoms with Crippen LogP contribution < -0.4 is 5.73 Å². The van der Waals surface area contributed by atoms with E-state index in [4.69, 9.17) is 10.7 Å². The van der Waals surface area contributed by atoms with Crippen LogP contribution in [0.25, 0.3) is 11.4 Å². The van der Waals surface area contributed by atoms with E-state index in [0.29, 0.717) is 12.6 Å². The molecule has 1 saturated heterocycles. The van der Waals surface area contributed by atoms with Crippen LogP contribution >= 0.6 is 0 Å².